The number of hydrogen-bond acceptors (Lipinski definition) is 5. The maximum Gasteiger partial charge on any atom is 0.330 e. The van der Waals surface area contributed by atoms with E-state index in [0.29, 0.717) is 6.61 Å². The highest BCUT2D eigenvalue weighted by atomic mass is 16.5. The van der Waals surface area contributed by atoms with Crippen molar-refractivity contribution in [1.29, 1.82) is 5.41 Å². The van der Waals surface area contributed by atoms with Gasteiger partial charge in [0.05, 0.1) is 6.61 Å². The molecule has 0 aliphatic carbocycles. The van der Waals surface area contributed by atoms with Crippen LogP contribution >= 0.6 is 0 Å². The molecule has 1 unspecified atom stereocenters. The largest absolute Gasteiger partial charge is 0.463 e. The summed E-state index contributed by atoms with van der Waals surface area (Å²) in [5, 5.41) is 11.6. The molecule has 1 heterocycles. The minimum atomic E-state index is -0.346. The van der Waals surface area contributed by atoms with E-state index in [9.17, 15) is 4.79 Å². The van der Waals surface area contributed by atoms with Gasteiger partial charge in [-0.2, -0.15) is 0 Å². The van der Waals surface area contributed by atoms with Gasteiger partial charge in [0.25, 0.3) is 0 Å². The summed E-state index contributed by atoms with van der Waals surface area (Å²) in [7, 11) is 0. The molecule has 1 aliphatic heterocycles. The lowest BCUT2D eigenvalue weighted by molar-refractivity contribution is -0.137. The van der Waals surface area contributed by atoms with E-state index in [1.807, 2.05) is 18.2 Å². The first kappa shape index (κ1) is 27.1. The summed E-state index contributed by atoms with van der Waals surface area (Å²) in [5.74, 6) is -0.346. The highest BCUT2D eigenvalue weighted by Gasteiger charge is 2.17. The summed E-state index contributed by atoms with van der Waals surface area (Å²) in [6, 6.07) is 24.9. The second kappa shape index (κ2) is 13.5. The second-order valence-corrected chi connectivity index (χ2v) is 9.23. The summed E-state index contributed by atoms with van der Waals surface area (Å²) in [4.78, 5) is 11.7. The second-order valence-electron chi connectivity index (χ2n) is 9.23. The van der Waals surface area contributed by atoms with E-state index in [1.54, 1.807) is 13.0 Å². The van der Waals surface area contributed by atoms with Gasteiger partial charge in [-0.1, -0.05) is 67.6 Å². The van der Waals surface area contributed by atoms with Crippen molar-refractivity contribution in [1.82, 2.24) is 0 Å². The zero-order valence-corrected chi connectivity index (χ0v) is 22.2. The molecule has 3 aromatic carbocycles. The number of anilines is 1. The molecule has 196 valence electrons. The van der Waals surface area contributed by atoms with Gasteiger partial charge in [-0.3, -0.25) is 0 Å². The van der Waals surface area contributed by atoms with Crippen LogP contribution in [0, 0.1) is 5.41 Å². The average Bonchev–Trinajstić information content (AvgIpc) is 2.96. The SMILES string of the molecule is CCOC(=O)/C=C/c1ccc(/C(=C(/CC)c2ccccc2)c2ccc(NC3CCCCO3)c(C=N)c2)cc1. The van der Waals surface area contributed by atoms with Crippen LogP contribution in [-0.4, -0.2) is 31.6 Å². The van der Waals surface area contributed by atoms with Crippen molar-refractivity contribution < 1.29 is 14.3 Å². The average molecular weight is 509 g/mol. The Morgan fingerprint density at radius 3 is 2.42 bits per heavy atom. The lowest BCUT2D eigenvalue weighted by Gasteiger charge is -2.25. The van der Waals surface area contributed by atoms with Gasteiger partial charge in [0.1, 0.15) is 6.23 Å². The molecule has 1 saturated heterocycles. The first-order valence-electron chi connectivity index (χ1n) is 13.4. The number of benzene rings is 3. The van der Waals surface area contributed by atoms with Crippen LogP contribution in [0.2, 0.25) is 0 Å². The molecule has 0 radical (unpaired) electrons. The van der Waals surface area contributed by atoms with E-state index in [-0.39, 0.29) is 12.2 Å². The summed E-state index contributed by atoms with van der Waals surface area (Å²) in [6.45, 7) is 5.09. The van der Waals surface area contributed by atoms with E-state index in [2.05, 4.69) is 66.8 Å². The standard InChI is InChI=1S/C33H36N2O3/c1-3-29(25-10-6-5-7-11-25)33(26-16-13-24(14-17-26)15-20-32(36)37-4-2)27-18-19-30(28(22-27)23-34)35-31-12-8-9-21-38-31/h5-7,10-11,13-20,22-23,31,34-35H,3-4,8-9,12,21H2,1-2H3/b20-15+,33-29+,34-23?. The fraction of sp³-hybridized carbons (Fsp3) is 0.273. The maximum absolute atomic E-state index is 11.7. The van der Waals surface area contributed by atoms with Crippen LogP contribution < -0.4 is 5.32 Å². The van der Waals surface area contributed by atoms with Gasteiger partial charge in [-0.05, 0) is 84.2 Å². The van der Waals surface area contributed by atoms with Crippen molar-refractivity contribution in [3.63, 3.8) is 0 Å². The van der Waals surface area contributed by atoms with E-state index in [1.165, 1.54) is 23.4 Å². The Morgan fingerprint density at radius 1 is 1.00 bits per heavy atom. The number of ether oxygens (including phenoxy) is 2. The van der Waals surface area contributed by atoms with Crippen LogP contribution in [0.25, 0.3) is 17.2 Å². The van der Waals surface area contributed by atoms with Crippen molar-refractivity contribution in [2.24, 2.45) is 0 Å². The van der Waals surface area contributed by atoms with Gasteiger partial charge in [-0.15, -0.1) is 0 Å². The third-order valence-electron chi connectivity index (χ3n) is 6.67. The zero-order chi connectivity index (χ0) is 26.7. The molecule has 3 aromatic rings. The molecule has 1 fully saturated rings. The fourth-order valence-electron chi connectivity index (χ4n) is 4.79. The Balaban J connectivity index is 1.75. The summed E-state index contributed by atoms with van der Waals surface area (Å²) in [6.07, 6.45) is 8.66. The normalized spacial score (nSPS) is 16.1. The Labute approximate surface area is 225 Å². The molecule has 38 heavy (non-hydrogen) atoms. The zero-order valence-electron chi connectivity index (χ0n) is 22.2. The Kier molecular flexibility index (Phi) is 9.65. The number of allylic oxidation sites excluding steroid dienone is 1. The van der Waals surface area contributed by atoms with Crippen LogP contribution in [-0.2, 0) is 14.3 Å². The number of nitrogens with one attached hydrogen (secondary N) is 2. The number of carbonyl (C=O) groups is 1. The number of esters is 1. The minimum absolute atomic E-state index is 0.0194. The van der Waals surface area contributed by atoms with Crippen LogP contribution in [0.5, 0.6) is 0 Å². The molecule has 0 amide bonds. The predicted octanol–water partition coefficient (Wildman–Crippen LogP) is 7.57. The molecule has 0 aromatic heterocycles. The highest BCUT2D eigenvalue weighted by Crippen LogP contribution is 2.36. The quantitative estimate of drug-likeness (QED) is 0.128. The van der Waals surface area contributed by atoms with Crippen LogP contribution in [0.1, 0.15) is 67.3 Å². The van der Waals surface area contributed by atoms with E-state index in [0.717, 1.165) is 65.8 Å². The maximum atomic E-state index is 11.7. The lowest BCUT2D eigenvalue weighted by atomic mass is 9.87. The molecular formula is C33H36N2O3. The van der Waals surface area contributed by atoms with Gasteiger partial charge in [-0.25, -0.2) is 4.79 Å². The summed E-state index contributed by atoms with van der Waals surface area (Å²) >= 11 is 0. The van der Waals surface area contributed by atoms with E-state index < -0.39 is 0 Å². The third-order valence-corrected chi connectivity index (χ3v) is 6.67. The van der Waals surface area contributed by atoms with Gasteiger partial charge < -0.3 is 20.2 Å². The van der Waals surface area contributed by atoms with Crippen LogP contribution in [0.15, 0.2) is 78.9 Å². The van der Waals surface area contributed by atoms with Crippen molar-refractivity contribution in [3.05, 3.63) is 107 Å². The Morgan fingerprint density at radius 2 is 1.76 bits per heavy atom. The Bertz CT molecular complexity index is 1290. The third kappa shape index (κ3) is 6.87. The molecule has 4 rings (SSSR count). The molecule has 1 atom stereocenters. The molecular weight excluding hydrogens is 472 g/mol. The van der Waals surface area contributed by atoms with Crippen LogP contribution in [0.3, 0.4) is 0 Å². The predicted molar refractivity (Wildman–Crippen MR) is 156 cm³/mol. The first-order chi connectivity index (χ1) is 18.6. The molecule has 1 aliphatic rings. The molecule has 0 saturated carbocycles. The number of carbonyl (C=O) groups excluding carboxylic acids is 1. The number of hydrogen-bond donors (Lipinski definition) is 2. The number of rotatable bonds is 10. The lowest BCUT2D eigenvalue weighted by Crippen LogP contribution is -2.27. The van der Waals surface area contributed by atoms with Gasteiger partial charge >= 0.3 is 5.97 Å². The molecule has 5 heteroatoms. The van der Waals surface area contributed by atoms with Crippen molar-refractivity contribution in [3.8, 4) is 0 Å². The monoisotopic (exact) mass is 508 g/mol. The topological polar surface area (TPSA) is 71.4 Å². The molecule has 0 bridgehead atoms. The minimum Gasteiger partial charge on any atom is -0.463 e. The van der Waals surface area contributed by atoms with E-state index in [4.69, 9.17) is 14.9 Å². The molecule has 0 spiro atoms. The molecule has 2 N–H and O–H groups in total. The smallest absolute Gasteiger partial charge is 0.330 e. The van der Waals surface area contributed by atoms with Gasteiger partial charge in [0.15, 0.2) is 0 Å². The Hall–Kier alpha value is -3.96. The van der Waals surface area contributed by atoms with Crippen molar-refractivity contribution in [2.75, 3.05) is 18.5 Å². The van der Waals surface area contributed by atoms with Gasteiger partial charge in [0.2, 0.25) is 0 Å². The van der Waals surface area contributed by atoms with Gasteiger partial charge in [0, 0.05) is 30.1 Å². The van der Waals surface area contributed by atoms with Crippen molar-refractivity contribution in [2.45, 2.75) is 45.8 Å². The fourth-order valence-corrected chi connectivity index (χ4v) is 4.79. The highest BCUT2D eigenvalue weighted by molar-refractivity contribution is 6.00. The summed E-state index contributed by atoms with van der Waals surface area (Å²) < 4.78 is 10.9. The molecule has 5 nitrogen and oxygen atoms in total. The van der Waals surface area contributed by atoms with E-state index >= 15 is 0 Å². The van der Waals surface area contributed by atoms with Crippen molar-refractivity contribution >= 4 is 35.1 Å². The first-order valence-corrected chi connectivity index (χ1v) is 13.4. The van der Waals surface area contributed by atoms with Crippen LogP contribution in [0.4, 0.5) is 5.69 Å². The summed E-state index contributed by atoms with van der Waals surface area (Å²) in [5.41, 5.74) is 8.31.